The Hall–Kier alpha value is -2.81. The van der Waals surface area contributed by atoms with E-state index in [1.165, 1.54) is 193 Å². The van der Waals surface area contributed by atoms with Crippen molar-refractivity contribution in [2.75, 3.05) is 40.9 Å². The Bertz CT molecular complexity index is 1730. The Kier molecular flexibility index (Phi) is 62.1. The van der Waals surface area contributed by atoms with Crippen molar-refractivity contribution in [2.45, 2.75) is 341 Å². The molecular formula is C75H138N2O7P+. The zero-order valence-electron chi connectivity index (χ0n) is 56.6. The summed E-state index contributed by atoms with van der Waals surface area (Å²) < 4.78 is 30.9. The molecule has 0 spiro atoms. The van der Waals surface area contributed by atoms with Gasteiger partial charge in [0.1, 0.15) is 19.3 Å². The van der Waals surface area contributed by atoms with Gasteiger partial charge in [0.15, 0.2) is 0 Å². The first-order chi connectivity index (χ1) is 41.4. The van der Waals surface area contributed by atoms with E-state index in [-0.39, 0.29) is 31.5 Å². The third-order valence-electron chi connectivity index (χ3n) is 15.8. The summed E-state index contributed by atoms with van der Waals surface area (Å²) in [6, 6.07) is -0.856. The van der Waals surface area contributed by atoms with E-state index >= 15 is 0 Å². The van der Waals surface area contributed by atoms with Gasteiger partial charge in [-0.1, -0.05) is 299 Å². The summed E-state index contributed by atoms with van der Waals surface area (Å²) in [6.07, 6.45) is 85.9. The van der Waals surface area contributed by atoms with Crippen molar-refractivity contribution < 1.29 is 37.3 Å². The molecule has 494 valence electrons. The SMILES string of the molecule is CC/C=C\C/C=C\C/C=C\C/C=C\C/C=C\CCCCCCCCCCCC(=O)OC(/C=C/CCCCCCCCCCCCC)C(COP(=O)(O)OCC[N+](C)(C)C)NC(=O)CCCCCCCCCCCCC/C=C/CCCCCCCC. The van der Waals surface area contributed by atoms with Crippen molar-refractivity contribution >= 4 is 19.7 Å². The predicted molar refractivity (Wildman–Crippen MR) is 369 cm³/mol. The van der Waals surface area contributed by atoms with Crippen molar-refractivity contribution in [2.24, 2.45) is 0 Å². The molecule has 0 saturated carbocycles. The highest BCUT2D eigenvalue weighted by Gasteiger charge is 2.30. The fourth-order valence-electron chi connectivity index (χ4n) is 10.3. The highest BCUT2D eigenvalue weighted by molar-refractivity contribution is 7.47. The third-order valence-corrected chi connectivity index (χ3v) is 16.8. The molecule has 0 saturated heterocycles. The van der Waals surface area contributed by atoms with Gasteiger partial charge in [0.25, 0.3) is 0 Å². The molecule has 2 N–H and O–H groups in total. The molecule has 0 aliphatic heterocycles. The summed E-state index contributed by atoms with van der Waals surface area (Å²) in [6.45, 7) is 6.93. The number of allylic oxidation sites excluding steroid dienone is 13. The number of hydrogen-bond donors (Lipinski definition) is 2. The highest BCUT2D eigenvalue weighted by Crippen LogP contribution is 2.43. The number of likely N-dealkylation sites (N-methyl/N-ethyl adjacent to an activating group) is 1. The Morgan fingerprint density at radius 1 is 0.424 bits per heavy atom. The summed E-state index contributed by atoms with van der Waals surface area (Å²) in [5, 5.41) is 3.07. The van der Waals surface area contributed by atoms with Gasteiger partial charge in [0, 0.05) is 12.8 Å². The number of amides is 1. The summed E-state index contributed by atoms with van der Waals surface area (Å²) in [4.78, 5) is 37.9. The largest absolute Gasteiger partial charge is 0.472 e. The van der Waals surface area contributed by atoms with Crippen LogP contribution in [0.1, 0.15) is 329 Å². The van der Waals surface area contributed by atoms with Gasteiger partial charge in [-0.2, -0.15) is 0 Å². The predicted octanol–water partition coefficient (Wildman–Crippen LogP) is 22.9. The lowest BCUT2D eigenvalue weighted by molar-refractivity contribution is -0.870. The van der Waals surface area contributed by atoms with Crippen molar-refractivity contribution in [3.63, 3.8) is 0 Å². The van der Waals surface area contributed by atoms with Gasteiger partial charge in [-0.25, -0.2) is 4.57 Å². The molecule has 0 radical (unpaired) electrons. The molecule has 0 fully saturated rings. The molecule has 0 aromatic carbocycles. The maximum absolute atomic E-state index is 13.6. The number of ether oxygens (including phenoxy) is 1. The van der Waals surface area contributed by atoms with Gasteiger partial charge in [-0.3, -0.25) is 18.6 Å². The quantitative estimate of drug-likeness (QED) is 0.0205. The van der Waals surface area contributed by atoms with Crippen LogP contribution in [-0.2, 0) is 27.9 Å². The molecule has 0 heterocycles. The van der Waals surface area contributed by atoms with Gasteiger partial charge < -0.3 is 19.4 Å². The molecule has 0 aromatic rings. The normalized spacial score (nSPS) is 14.0. The second-order valence-corrected chi connectivity index (χ2v) is 26.8. The van der Waals surface area contributed by atoms with Crippen LogP contribution in [0.4, 0.5) is 0 Å². The number of esters is 1. The Balaban J connectivity index is 5.12. The van der Waals surface area contributed by atoms with Crippen LogP contribution in [0.2, 0.25) is 0 Å². The van der Waals surface area contributed by atoms with E-state index in [0.717, 1.165) is 103 Å². The summed E-state index contributed by atoms with van der Waals surface area (Å²) in [5.41, 5.74) is 0. The fraction of sp³-hybridized carbons (Fsp3) is 0.787. The highest BCUT2D eigenvalue weighted by atomic mass is 31.2. The third kappa shape index (κ3) is 65.5. The van der Waals surface area contributed by atoms with E-state index in [0.29, 0.717) is 17.4 Å². The number of carbonyl (C=O) groups is 2. The molecule has 0 aliphatic rings. The number of quaternary nitrogens is 1. The molecule has 1 amide bonds. The lowest BCUT2D eigenvalue weighted by atomic mass is 10.0. The van der Waals surface area contributed by atoms with Crippen LogP contribution >= 0.6 is 7.82 Å². The van der Waals surface area contributed by atoms with Crippen molar-refractivity contribution in [3.05, 3.63) is 85.1 Å². The van der Waals surface area contributed by atoms with Crippen molar-refractivity contribution in [1.82, 2.24) is 5.32 Å². The molecule has 3 atom stereocenters. The molecule has 0 aromatic heterocycles. The maximum atomic E-state index is 13.6. The Morgan fingerprint density at radius 3 is 1.14 bits per heavy atom. The van der Waals surface area contributed by atoms with Crippen LogP contribution in [0.15, 0.2) is 85.1 Å². The second-order valence-electron chi connectivity index (χ2n) is 25.4. The van der Waals surface area contributed by atoms with Gasteiger partial charge in [-0.15, -0.1) is 0 Å². The van der Waals surface area contributed by atoms with Crippen LogP contribution in [0, 0.1) is 0 Å². The topological polar surface area (TPSA) is 111 Å². The van der Waals surface area contributed by atoms with Gasteiger partial charge in [-0.05, 0) is 102 Å². The van der Waals surface area contributed by atoms with Gasteiger partial charge >= 0.3 is 13.8 Å². The van der Waals surface area contributed by atoms with Crippen molar-refractivity contribution in [3.8, 4) is 0 Å². The van der Waals surface area contributed by atoms with Crippen LogP contribution in [0.25, 0.3) is 0 Å². The zero-order chi connectivity index (χ0) is 62.1. The summed E-state index contributed by atoms with van der Waals surface area (Å²) >= 11 is 0. The monoisotopic (exact) mass is 1210 g/mol. The number of unbranched alkanes of at least 4 members (excludes halogenated alkanes) is 37. The van der Waals surface area contributed by atoms with E-state index in [1.807, 2.05) is 33.3 Å². The first kappa shape index (κ1) is 82.2. The first-order valence-electron chi connectivity index (χ1n) is 35.9. The maximum Gasteiger partial charge on any atom is 0.472 e. The van der Waals surface area contributed by atoms with E-state index < -0.39 is 20.0 Å². The van der Waals surface area contributed by atoms with Crippen molar-refractivity contribution in [1.29, 1.82) is 0 Å². The Labute approximate surface area is 526 Å². The number of hydrogen-bond acceptors (Lipinski definition) is 6. The molecule has 0 aliphatic carbocycles. The molecule has 0 bridgehead atoms. The van der Waals surface area contributed by atoms with Gasteiger partial charge in [0.05, 0.1) is 33.8 Å². The average molecular weight is 1210 g/mol. The molecule has 85 heavy (non-hydrogen) atoms. The number of nitrogens with zero attached hydrogens (tertiary/aromatic N) is 1. The summed E-state index contributed by atoms with van der Waals surface area (Å²) in [7, 11) is 1.49. The molecular weight excluding hydrogens is 1070 g/mol. The van der Waals surface area contributed by atoms with Crippen LogP contribution in [0.5, 0.6) is 0 Å². The number of phosphoric acid groups is 1. The van der Waals surface area contributed by atoms with E-state index in [4.69, 9.17) is 13.8 Å². The minimum Gasteiger partial charge on any atom is -0.456 e. The van der Waals surface area contributed by atoms with Crippen LogP contribution in [-0.4, -0.2) is 74.3 Å². The van der Waals surface area contributed by atoms with Crippen LogP contribution in [0.3, 0.4) is 0 Å². The number of rotatable bonds is 65. The smallest absolute Gasteiger partial charge is 0.456 e. The van der Waals surface area contributed by atoms with E-state index in [9.17, 15) is 19.0 Å². The zero-order valence-corrected chi connectivity index (χ0v) is 57.5. The van der Waals surface area contributed by atoms with E-state index in [1.54, 1.807) is 0 Å². The first-order valence-corrected chi connectivity index (χ1v) is 37.4. The molecule has 3 unspecified atom stereocenters. The molecule has 10 heteroatoms. The number of nitrogens with one attached hydrogen (secondary N) is 1. The summed E-state index contributed by atoms with van der Waals surface area (Å²) in [5.74, 6) is -0.505. The lowest BCUT2D eigenvalue weighted by Gasteiger charge is -2.27. The molecule has 9 nitrogen and oxygen atoms in total. The standard InChI is InChI=1S/C75H137N2O7P/c1-7-10-13-16-19-22-25-28-30-32-34-36-37-38-39-41-43-45-47-50-53-56-59-62-65-68-75(79)84-73(66-63-60-57-54-51-48-27-24-21-18-15-12-9-3)72(71-83-85(80,81)82-70-69-77(4,5)6)76-74(78)67-64-61-58-55-52-49-46-44-42-40-35-33-31-29-26-23-20-17-14-11-8-2/h10,13,19,22,28-31,34,36,38-39,63,66,72-73H,7-9,11-12,14-18,20-21,23-27,32-33,35,37,40-62,64-65,67-71H2,1-6H3,(H-,76,78,80,81)/p+1/b13-10-,22-19-,30-28-,31-29+,36-34-,39-38-,66-63+. The second kappa shape index (κ2) is 64.2. The minimum atomic E-state index is -4.46. The lowest BCUT2D eigenvalue weighted by Crippen LogP contribution is -2.47. The van der Waals surface area contributed by atoms with Crippen LogP contribution < -0.4 is 5.32 Å². The van der Waals surface area contributed by atoms with E-state index in [2.05, 4.69) is 99.0 Å². The Morgan fingerprint density at radius 2 is 0.753 bits per heavy atom. The fourth-order valence-corrected chi connectivity index (χ4v) is 11.1. The molecule has 0 rings (SSSR count). The number of phosphoric ester groups is 1. The minimum absolute atomic E-state index is 0.0372. The number of carbonyl (C=O) groups excluding carboxylic acids is 2. The average Bonchev–Trinajstić information content (AvgIpc) is 3.48. The van der Waals surface area contributed by atoms with Gasteiger partial charge in [0.2, 0.25) is 5.91 Å².